The van der Waals surface area contributed by atoms with Gasteiger partial charge in [0.05, 0.1) is 19.8 Å². The molecule has 58 heavy (non-hydrogen) atoms. The molecule has 0 radical (unpaired) electrons. The summed E-state index contributed by atoms with van der Waals surface area (Å²) in [6.07, 6.45) is 45.5. The van der Waals surface area contributed by atoms with Crippen LogP contribution in [-0.2, 0) is 32.7 Å². The van der Waals surface area contributed by atoms with Gasteiger partial charge in [-0.3, -0.25) is 18.6 Å². The minimum absolute atomic E-state index is 0.114. The van der Waals surface area contributed by atoms with Crippen molar-refractivity contribution in [3.63, 3.8) is 0 Å². The molecule has 0 aliphatic rings. The van der Waals surface area contributed by atoms with Crippen molar-refractivity contribution < 1.29 is 47.8 Å². The van der Waals surface area contributed by atoms with Crippen LogP contribution in [0, 0.1) is 0 Å². The summed E-state index contributed by atoms with van der Waals surface area (Å²) >= 11 is 0. The number of ether oxygens (including phenoxy) is 2. The van der Waals surface area contributed by atoms with Gasteiger partial charge in [0.15, 0.2) is 6.10 Å². The van der Waals surface area contributed by atoms with Crippen LogP contribution in [-0.4, -0.2) is 65.7 Å². The minimum Gasteiger partial charge on any atom is -0.462 e. The normalized spacial score (nSPS) is 14.1. The number of hydrogen-bond donors (Lipinski definition) is 3. The Morgan fingerprint density at radius 3 is 1.40 bits per heavy atom. The van der Waals surface area contributed by atoms with E-state index in [1.54, 1.807) is 0 Å². The lowest BCUT2D eigenvalue weighted by molar-refractivity contribution is -0.161. The van der Waals surface area contributed by atoms with Crippen LogP contribution < -0.4 is 0 Å². The van der Waals surface area contributed by atoms with E-state index in [2.05, 4.69) is 44.2 Å². The van der Waals surface area contributed by atoms with E-state index in [1.807, 2.05) is 6.08 Å². The number of hydrogen-bond acceptors (Lipinski definition) is 9. The fraction of sp³-hybridized carbons (Fsp3) is 0.830. The monoisotopic (exact) mass is 843 g/mol. The number of unbranched alkanes of at least 4 members (excludes halogenated alkanes) is 24. The van der Waals surface area contributed by atoms with E-state index in [0.717, 1.165) is 38.5 Å². The topological polar surface area (TPSA) is 149 Å². The number of phosphoric ester groups is 1. The van der Waals surface area contributed by atoms with Gasteiger partial charge < -0.3 is 24.6 Å². The second-order valence-corrected chi connectivity index (χ2v) is 17.2. The molecule has 1 unspecified atom stereocenters. The van der Waals surface area contributed by atoms with E-state index in [4.69, 9.17) is 23.6 Å². The fourth-order valence-electron chi connectivity index (χ4n) is 6.42. The van der Waals surface area contributed by atoms with Gasteiger partial charge in [0, 0.05) is 12.8 Å². The summed E-state index contributed by atoms with van der Waals surface area (Å²) in [5.74, 6) is -0.978. The van der Waals surface area contributed by atoms with Crippen LogP contribution in [0.5, 0.6) is 0 Å². The zero-order chi connectivity index (χ0) is 42.6. The molecule has 0 rings (SSSR count). The highest BCUT2D eigenvalue weighted by Crippen LogP contribution is 2.43. The molecule has 0 aliphatic heterocycles. The molecule has 0 aromatic carbocycles. The lowest BCUT2D eigenvalue weighted by Gasteiger charge is -2.20. The van der Waals surface area contributed by atoms with Gasteiger partial charge in [0.2, 0.25) is 0 Å². The van der Waals surface area contributed by atoms with E-state index >= 15 is 0 Å². The highest BCUT2D eigenvalue weighted by atomic mass is 31.2. The molecular formula is C47H87O10P. The van der Waals surface area contributed by atoms with Crippen LogP contribution >= 0.6 is 7.82 Å². The molecule has 340 valence electrons. The summed E-state index contributed by atoms with van der Waals surface area (Å²) in [5, 5.41) is 18.4. The van der Waals surface area contributed by atoms with Crippen LogP contribution in [0.4, 0.5) is 0 Å². The summed E-state index contributed by atoms with van der Waals surface area (Å²) in [7, 11) is -4.63. The molecule has 0 bridgehead atoms. The van der Waals surface area contributed by atoms with Gasteiger partial charge in [-0.15, -0.1) is 0 Å². The molecule has 11 heteroatoms. The number of carbonyl (C=O) groups is 2. The molecule has 3 atom stereocenters. The third-order valence-corrected chi connectivity index (χ3v) is 11.0. The second-order valence-electron chi connectivity index (χ2n) is 15.8. The molecule has 0 saturated heterocycles. The van der Waals surface area contributed by atoms with Crippen LogP contribution in [0.15, 0.2) is 36.5 Å². The maximum atomic E-state index is 12.6. The quantitative estimate of drug-likeness (QED) is 0.0234. The van der Waals surface area contributed by atoms with E-state index in [1.165, 1.54) is 128 Å². The number of carbonyl (C=O) groups excluding carboxylic acids is 2. The Kier molecular flexibility index (Phi) is 41.9. The van der Waals surface area contributed by atoms with E-state index in [0.29, 0.717) is 19.3 Å². The maximum Gasteiger partial charge on any atom is 0.472 e. The second kappa shape index (κ2) is 43.3. The molecule has 0 aromatic rings. The van der Waals surface area contributed by atoms with Gasteiger partial charge in [-0.25, -0.2) is 4.57 Å². The Morgan fingerprint density at radius 1 is 0.517 bits per heavy atom. The summed E-state index contributed by atoms with van der Waals surface area (Å²) in [5.41, 5.74) is 0. The summed E-state index contributed by atoms with van der Waals surface area (Å²) in [4.78, 5) is 35.0. The Balaban J connectivity index is 4.30. The molecule has 0 amide bonds. The molecule has 0 saturated carbocycles. The first kappa shape index (κ1) is 56.2. The smallest absolute Gasteiger partial charge is 0.462 e. The van der Waals surface area contributed by atoms with Crippen LogP contribution in [0.3, 0.4) is 0 Å². The zero-order valence-electron chi connectivity index (χ0n) is 37.0. The average molecular weight is 843 g/mol. The number of phosphoric acid groups is 1. The largest absolute Gasteiger partial charge is 0.472 e. The minimum atomic E-state index is -4.63. The van der Waals surface area contributed by atoms with Gasteiger partial charge >= 0.3 is 19.8 Å². The van der Waals surface area contributed by atoms with Crippen molar-refractivity contribution in [2.45, 2.75) is 225 Å². The van der Waals surface area contributed by atoms with Crippen molar-refractivity contribution in [1.82, 2.24) is 0 Å². The highest BCUT2D eigenvalue weighted by Gasteiger charge is 2.27. The number of aliphatic hydroxyl groups excluding tert-OH is 2. The van der Waals surface area contributed by atoms with Crippen LogP contribution in [0.2, 0.25) is 0 Å². The third kappa shape index (κ3) is 42.3. The molecule has 3 N–H and O–H groups in total. The lowest BCUT2D eigenvalue weighted by atomic mass is 10.0. The SMILES string of the molecule is CCCCCCCC/C=C/C/C=C/C/C=C/CCCC(=O)O[C@H](COC(=O)CCCCCCCCCCCCCCCCCCCC)COP(=O)(O)OC[C@@H](O)CO. The summed E-state index contributed by atoms with van der Waals surface area (Å²) in [6.45, 7) is 2.34. The Morgan fingerprint density at radius 2 is 0.914 bits per heavy atom. The highest BCUT2D eigenvalue weighted by molar-refractivity contribution is 7.47. The number of rotatable bonds is 44. The molecular weight excluding hydrogens is 755 g/mol. The van der Waals surface area contributed by atoms with E-state index in [-0.39, 0.29) is 19.4 Å². The van der Waals surface area contributed by atoms with E-state index in [9.17, 15) is 24.2 Å². The Labute approximate surface area is 354 Å². The standard InChI is InChI=1S/C47H87O10P/c1-3-5-7-9-11-13-15-17-19-21-23-24-26-28-30-32-34-36-38-46(50)54-42-45(43-56-58(52,53)55-41-44(49)40-48)57-47(51)39-37-35-33-31-29-27-25-22-20-18-16-14-12-10-8-6-4-2/h18,20,25,27,31,33,44-45,48-49H,3-17,19,21-24,26,28-30,32,34-43H2,1-2H3,(H,52,53)/b20-18+,27-25+,33-31+/t44-,45+/m0/s1. The number of aliphatic hydroxyl groups is 2. The number of esters is 2. The number of allylic oxidation sites excluding steroid dienone is 6. The first-order valence-electron chi connectivity index (χ1n) is 23.4. The Hall–Kier alpha value is -1.81. The summed E-state index contributed by atoms with van der Waals surface area (Å²) < 4.78 is 32.7. The van der Waals surface area contributed by atoms with Crippen molar-refractivity contribution in [2.75, 3.05) is 26.4 Å². The predicted octanol–water partition coefficient (Wildman–Crippen LogP) is 12.7. The Bertz CT molecular complexity index is 1060. The summed E-state index contributed by atoms with van der Waals surface area (Å²) in [6, 6.07) is 0. The zero-order valence-corrected chi connectivity index (χ0v) is 37.9. The van der Waals surface area contributed by atoms with Gasteiger partial charge in [0.25, 0.3) is 0 Å². The average Bonchev–Trinajstić information content (AvgIpc) is 3.21. The van der Waals surface area contributed by atoms with Crippen molar-refractivity contribution in [1.29, 1.82) is 0 Å². The van der Waals surface area contributed by atoms with Gasteiger partial charge in [0.1, 0.15) is 12.7 Å². The van der Waals surface area contributed by atoms with Gasteiger partial charge in [-0.1, -0.05) is 192 Å². The predicted molar refractivity (Wildman–Crippen MR) is 238 cm³/mol. The molecule has 10 nitrogen and oxygen atoms in total. The van der Waals surface area contributed by atoms with Gasteiger partial charge in [-0.05, 0) is 44.9 Å². The van der Waals surface area contributed by atoms with Crippen molar-refractivity contribution in [2.24, 2.45) is 0 Å². The van der Waals surface area contributed by atoms with Crippen LogP contribution in [0.25, 0.3) is 0 Å². The van der Waals surface area contributed by atoms with Crippen molar-refractivity contribution in [3.8, 4) is 0 Å². The van der Waals surface area contributed by atoms with E-state index < -0.39 is 51.8 Å². The molecule has 0 aromatic heterocycles. The molecule has 0 heterocycles. The van der Waals surface area contributed by atoms with Crippen molar-refractivity contribution in [3.05, 3.63) is 36.5 Å². The molecule has 0 spiro atoms. The molecule has 0 fully saturated rings. The van der Waals surface area contributed by atoms with Gasteiger partial charge in [-0.2, -0.15) is 0 Å². The fourth-order valence-corrected chi connectivity index (χ4v) is 7.21. The molecule has 0 aliphatic carbocycles. The first-order chi connectivity index (χ1) is 28.2. The maximum absolute atomic E-state index is 12.6. The lowest BCUT2D eigenvalue weighted by Crippen LogP contribution is -2.29. The van der Waals surface area contributed by atoms with Crippen LogP contribution in [0.1, 0.15) is 213 Å². The third-order valence-electron chi connectivity index (χ3n) is 10.0. The van der Waals surface area contributed by atoms with Crippen molar-refractivity contribution >= 4 is 19.8 Å². The first-order valence-corrected chi connectivity index (χ1v) is 24.9.